The normalized spacial score (nSPS) is 20.8. The van der Waals surface area contributed by atoms with Gasteiger partial charge in [-0.3, -0.25) is 14.9 Å². The van der Waals surface area contributed by atoms with Crippen LogP contribution in [0.1, 0.15) is 13.3 Å². The largest absolute Gasteiger partial charge is 0.384 e. The van der Waals surface area contributed by atoms with Gasteiger partial charge in [-0.05, 0) is 12.5 Å². The molecule has 2 rings (SSSR count). The quantitative estimate of drug-likeness (QED) is 0.696. The molecule has 108 valence electrons. The monoisotopic (exact) mass is 298 g/mol. The molecule has 1 aromatic heterocycles. The molecule has 1 atom stereocenters. The van der Waals surface area contributed by atoms with Crippen LogP contribution >= 0.6 is 0 Å². The van der Waals surface area contributed by atoms with Crippen molar-refractivity contribution < 1.29 is 18.0 Å². The number of hydrogen-bond acceptors (Lipinski definition) is 6. The second kappa shape index (κ2) is 5.17. The third-order valence-corrected chi connectivity index (χ3v) is 4.81. The number of carbonyl (C=O) groups excluding carboxylic acids is 2. The van der Waals surface area contributed by atoms with Gasteiger partial charge in [-0.15, -0.1) is 0 Å². The first-order valence-corrected chi connectivity index (χ1v) is 7.37. The van der Waals surface area contributed by atoms with Crippen LogP contribution in [0.2, 0.25) is 0 Å². The van der Waals surface area contributed by atoms with E-state index in [2.05, 4.69) is 10.3 Å². The van der Waals surface area contributed by atoms with E-state index in [4.69, 9.17) is 5.73 Å². The van der Waals surface area contributed by atoms with E-state index in [1.54, 1.807) is 6.92 Å². The molecule has 20 heavy (non-hydrogen) atoms. The van der Waals surface area contributed by atoms with Crippen molar-refractivity contribution in [1.29, 1.82) is 0 Å². The molecule has 8 nitrogen and oxygen atoms in total. The lowest BCUT2D eigenvalue weighted by molar-refractivity contribution is -0.137. The smallest absolute Gasteiger partial charge is 0.245 e. The highest BCUT2D eigenvalue weighted by Gasteiger charge is 2.40. The third kappa shape index (κ3) is 2.49. The van der Waals surface area contributed by atoms with Crippen LogP contribution in [-0.4, -0.2) is 42.1 Å². The van der Waals surface area contributed by atoms with Crippen LogP contribution in [0.4, 0.5) is 5.82 Å². The summed E-state index contributed by atoms with van der Waals surface area (Å²) in [6.07, 6.45) is 1.52. The molecule has 1 saturated heterocycles. The molecular formula is C11H14N4O4S. The molecule has 0 saturated carbocycles. The summed E-state index contributed by atoms with van der Waals surface area (Å²) >= 11 is 0. The van der Waals surface area contributed by atoms with Crippen LogP contribution in [-0.2, 0) is 19.6 Å². The van der Waals surface area contributed by atoms with E-state index in [1.165, 1.54) is 18.3 Å². The van der Waals surface area contributed by atoms with Gasteiger partial charge >= 0.3 is 0 Å². The summed E-state index contributed by atoms with van der Waals surface area (Å²) in [6.45, 7) is 1.28. The van der Waals surface area contributed by atoms with Gasteiger partial charge in [-0.1, -0.05) is 6.92 Å². The van der Waals surface area contributed by atoms with Crippen molar-refractivity contribution in [3.63, 3.8) is 0 Å². The number of hydrogen-bond donors (Lipinski definition) is 2. The molecule has 1 aliphatic heterocycles. The summed E-state index contributed by atoms with van der Waals surface area (Å²) in [5.74, 6) is -1.22. The molecule has 2 heterocycles. The summed E-state index contributed by atoms with van der Waals surface area (Å²) in [5, 5.41) is 2.12. The number of anilines is 1. The maximum atomic E-state index is 12.5. The Morgan fingerprint density at radius 1 is 1.50 bits per heavy atom. The molecular weight excluding hydrogens is 284 g/mol. The van der Waals surface area contributed by atoms with Crippen molar-refractivity contribution in [2.45, 2.75) is 24.3 Å². The minimum atomic E-state index is -3.98. The van der Waals surface area contributed by atoms with Crippen LogP contribution in [0, 0.1) is 0 Å². The first kappa shape index (κ1) is 14.4. The molecule has 1 unspecified atom stereocenters. The first-order chi connectivity index (χ1) is 9.36. The fraction of sp³-hybridized carbons (Fsp3) is 0.364. The maximum Gasteiger partial charge on any atom is 0.245 e. The third-order valence-electron chi connectivity index (χ3n) is 2.96. The van der Waals surface area contributed by atoms with Crippen LogP contribution in [0.25, 0.3) is 0 Å². The number of nitrogen functional groups attached to an aromatic ring is 1. The van der Waals surface area contributed by atoms with Gasteiger partial charge in [0.2, 0.25) is 21.8 Å². The minimum absolute atomic E-state index is 0.0481. The summed E-state index contributed by atoms with van der Waals surface area (Å²) in [4.78, 5) is 26.8. The number of pyridine rings is 1. The zero-order valence-electron chi connectivity index (χ0n) is 10.7. The van der Waals surface area contributed by atoms with Crippen molar-refractivity contribution in [3.8, 4) is 0 Å². The van der Waals surface area contributed by atoms with Crippen molar-refractivity contribution in [2.75, 3.05) is 12.3 Å². The Hall–Kier alpha value is -2.00. The van der Waals surface area contributed by atoms with Crippen molar-refractivity contribution >= 4 is 27.7 Å². The van der Waals surface area contributed by atoms with Gasteiger partial charge in [0, 0.05) is 12.3 Å². The molecule has 0 spiro atoms. The van der Waals surface area contributed by atoms with E-state index in [1.807, 2.05) is 0 Å². The number of sulfonamides is 1. The summed E-state index contributed by atoms with van der Waals surface area (Å²) in [5.41, 5.74) is 5.47. The highest BCUT2D eigenvalue weighted by atomic mass is 32.2. The number of nitrogens with two attached hydrogens (primary N) is 1. The fourth-order valence-electron chi connectivity index (χ4n) is 2.01. The molecule has 1 fully saturated rings. The summed E-state index contributed by atoms with van der Waals surface area (Å²) in [7, 11) is -3.98. The van der Waals surface area contributed by atoms with Gasteiger partial charge < -0.3 is 5.73 Å². The van der Waals surface area contributed by atoms with E-state index in [0.717, 1.165) is 4.31 Å². The number of aromatic nitrogens is 1. The second-order valence-corrected chi connectivity index (χ2v) is 6.19. The number of rotatable bonds is 3. The molecule has 0 radical (unpaired) electrons. The van der Waals surface area contributed by atoms with Crippen molar-refractivity contribution in [2.24, 2.45) is 0 Å². The SMILES string of the molecule is CCC1C(=O)NC(=O)CN1S(=O)(=O)c1ccnc(N)c1. The predicted octanol–water partition coefficient (Wildman–Crippen LogP) is -0.910. The molecule has 1 aromatic rings. The molecule has 0 aliphatic carbocycles. The summed E-state index contributed by atoms with van der Waals surface area (Å²) < 4.78 is 25.9. The molecule has 3 N–H and O–H groups in total. The fourth-order valence-corrected chi connectivity index (χ4v) is 3.65. The number of amides is 2. The molecule has 2 amide bonds. The lowest BCUT2D eigenvalue weighted by Gasteiger charge is -2.32. The number of piperazine rings is 1. The molecule has 0 aromatic carbocycles. The maximum absolute atomic E-state index is 12.5. The highest BCUT2D eigenvalue weighted by molar-refractivity contribution is 7.89. The standard InChI is InChI=1S/C11H14N4O4S/c1-2-8-11(17)14-10(16)6-15(8)20(18,19)7-3-4-13-9(12)5-7/h3-5,8H,2,6H2,1H3,(H2,12,13)(H,14,16,17). The zero-order valence-corrected chi connectivity index (χ0v) is 11.6. The number of carbonyl (C=O) groups is 2. The van der Waals surface area contributed by atoms with Gasteiger partial charge in [0.1, 0.15) is 11.9 Å². The van der Waals surface area contributed by atoms with Crippen LogP contribution in [0.5, 0.6) is 0 Å². The number of nitrogens with one attached hydrogen (secondary N) is 1. The Morgan fingerprint density at radius 2 is 2.20 bits per heavy atom. The van der Waals surface area contributed by atoms with E-state index >= 15 is 0 Å². The first-order valence-electron chi connectivity index (χ1n) is 5.93. The molecule has 1 aliphatic rings. The van der Waals surface area contributed by atoms with Gasteiger partial charge in [0.15, 0.2) is 0 Å². The van der Waals surface area contributed by atoms with E-state index < -0.39 is 34.4 Å². The van der Waals surface area contributed by atoms with Crippen molar-refractivity contribution in [3.05, 3.63) is 18.3 Å². The zero-order chi connectivity index (χ0) is 14.9. The van der Waals surface area contributed by atoms with E-state index in [0.29, 0.717) is 0 Å². The Kier molecular flexibility index (Phi) is 3.73. The molecule has 0 bridgehead atoms. The predicted molar refractivity (Wildman–Crippen MR) is 69.8 cm³/mol. The van der Waals surface area contributed by atoms with Gasteiger partial charge in [-0.25, -0.2) is 13.4 Å². The average Bonchev–Trinajstić information content (AvgIpc) is 2.38. The lowest BCUT2D eigenvalue weighted by atomic mass is 10.2. The van der Waals surface area contributed by atoms with E-state index in [9.17, 15) is 18.0 Å². The van der Waals surface area contributed by atoms with Crippen LogP contribution in [0.15, 0.2) is 23.2 Å². The minimum Gasteiger partial charge on any atom is -0.384 e. The van der Waals surface area contributed by atoms with E-state index in [-0.39, 0.29) is 17.1 Å². The average molecular weight is 298 g/mol. The Balaban J connectivity index is 2.46. The highest BCUT2D eigenvalue weighted by Crippen LogP contribution is 2.22. The second-order valence-electron chi connectivity index (χ2n) is 4.30. The lowest BCUT2D eigenvalue weighted by Crippen LogP contribution is -2.59. The van der Waals surface area contributed by atoms with Gasteiger partial charge in [-0.2, -0.15) is 4.31 Å². The number of imide groups is 1. The van der Waals surface area contributed by atoms with Crippen molar-refractivity contribution in [1.82, 2.24) is 14.6 Å². The Labute approximate surface area is 116 Å². The van der Waals surface area contributed by atoms with Crippen LogP contribution < -0.4 is 11.1 Å². The van der Waals surface area contributed by atoms with Crippen LogP contribution in [0.3, 0.4) is 0 Å². The number of nitrogens with zero attached hydrogens (tertiary/aromatic N) is 2. The van der Waals surface area contributed by atoms with Gasteiger partial charge in [0.05, 0.1) is 11.4 Å². The Bertz CT molecular complexity index is 658. The molecule has 9 heteroatoms. The Morgan fingerprint density at radius 3 is 2.80 bits per heavy atom. The topological polar surface area (TPSA) is 122 Å². The summed E-state index contributed by atoms with van der Waals surface area (Å²) in [6, 6.07) is 1.56. The van der Waals surface area contributed by atoms with Gasteiger partial charge in [0.25, 0.3) is 0 Å².